The number of rotatable bonds is 6. The highest BCUT2D eigenvalue weighted by atomic mass is 32.1. The van der Waals surface area contributed by atoms with Crippen molar-refractivity contribution in [2.45, 2.75) is 33.0 Å². The van der Waals surface area contributed by atoms with Gasteiger partial charge in [0.1, 0.15) is 11.6 Å². The average molecular weight is 293 g/mol. The van der Waals surface area contributed by atoms with Gasteiger partial charge in [-0.15, -0.1) is 11.3 Å². The Bertz CT molecular complexity index is 540. The highest BCUT2D eigenvalue weighted by Gasteiger charge is 2.17. The van der Waals surface area contributed by atoms with Crippen molar-refractivity contribution >= 4 is 17.2 Å². The summed E-state index contributed by atoms with van der Waals surface area (Å²) in [5, 5.41) is 5.14. The van der Waals surface area contributed by atoms with Gasteiger partial charge in [0.2, 0.25) is 0 Å². The predicted octanol–water partition coefficient (Wildman–Crippen LogP) is 3.42. The summed E-state index contributed by atoms with van der Waals surface area (Å²) in [5.74, 6) is 0.558. The van der Waals surface area contributed by atoms with Crippen LogP contribution < -0.4 is 10.2 Å². The molecule has 0 aliphatic rings. The summed E-state index contributed by atoms with van der Waals surface area (Å²) in [7, 11) is 1.85. The first-order chi connectivity index (χ1) is 9.61. The molecule has 0 aliphatic carbocycles. The Kier molecular flexibility index (Phi) is 5.09. The fourth-order valence-corrected chi connectivity index (χ4v) is 2.83. The fourth-order valence-electron chi connectivity index (χ4n) is 2.13. The van der Waals surface area contributed by atoms with Gasteiger partial charge in [-0.05, 0) is 38.4 Å². The minimum Gasteiger partial charge on any atom is -0.349 e. The van der Waals surface area contributed by atoms with E-state index in [1.165, 1.54) is 11.1 Å². The van der Waals surface area contributed by atoms with Crippen LogP contribution in [0, 0.1) is 5.82 Å². The van der Waals surface area contributed by atoms with Crippen LogP contribution in [0.3, 0.4) is 0 Å². The third-order valence-electron chi connectivity index (χ3n) is 3.08. The molecule has 0 fully saturated rings. The first-order valence-corrected chi connectivity index (χ1v) is 7.58. The summed E-state index contributed by atoms with van der Waals surface area (Å²) in [4.78, 5) is 7.80. The van der Waals surface area contributed by atoms with Crippen LogP contribution in [0.15, 0.2) is 29.8 Å². The van der Waals surface area contributed by atoms with Crippen molar-refractivity contribution in [3.05, 3.63) is 46.0 Å². The van der Waals surface area contributed by atoms with E-state index in [9.17, 15) is 4.39 Å². The quantitative estimate of drug-likeness (QED) is 0.884. The van der Waals surface area contributed by atoms with E-state index in [4.69, 9.17) is 0 Å². The second kappa shape index (κ2) is 6.81. The minimum absolute atomic E-state index is 0.293. The van der Waals surface area contributed by atoms with Gasteiger partial charge < -0.3 is 10.2 Å². The Morgan fingerprint density at radius 1 is 1.45 bits per heavy atom. The molecule has 0 bridgehead atoms. The Morgan fingerprint density at radius 2 is 2.25 bits per heavy atom. The lowest BCUT2D eigenvalue weighted by atomic mass is 10.2. The molecule has 0 aliphatic heterocycles. The molecule has 2 aromatic rings. The molecular weight excluding hydrogens is 273 g/mol. The van der Waals surface area contributed by atoms with Gasteiger partial charge in [-0.3, -0.25) is 0 Å². The molecule has 0 atom stereocenters. The second-order valence-electron chi connectivity index (χ2n) is 4.97. The van der Waals surface area contributed by atoms with Crippen LogP contribution in [0.4, 0.5) is 10.2 Å². The van der Waals surface area contributed by atoms with Crippen LogP contribution in [0.2, 0.25) is 0 Å². The number of hydrogen-bond acceptors (Lipinski definition) is 4. The number of anilines is 1. The Hall–Kier alpha value is -1.46. The van der Waals surface area contributed by atoms with E-state index in [1.54, 1.807) is 17.4 Å². The largest absolute Gasteiger partial charge is 0.349 e. The molecule has 0 saturated carbocycles. The monoisotopic (exact) mass is 293 g/mol. The lowest BCUT2D eigenvalue weighted by Gasteiger charge is -2.29. The zero-order chi connectivity index (χ0) is 14.5. The van der Waals surface area contributed by atoms with Crippen LogP contribution in [0.25, 0.3) is 0 Å². The molecule has 0 unspecified atom stereocenters. The standard InChI is InChI=1S/C15H20FN3S/c1-11(2)19(10-14-5-4-6-20-14)15-12(8-17-3)7-13(16)9-18-15/h4-7,9,11,17H,8,10H2,1-3H3. The van der Waals surface area contributed by atoms with E-state index >= 15 is 0 Å². The molecule has 0 saturated heterocycles. The first-order valence-electron chi connectivity index (χ1n) is 6.70. The van der Waals surface area contributed by atoms with Gasteiger partial charge in [-0.25, -0.2) is 9.37 Å². The zero-order valence-corrected chi connectivity index (χ0v) is 12.9. The summed E-state index contributed by atoms with van der Waals surface area (Å²) in [6.45, 7) is 5.65. The molecule has 0 radical (unpaired) electrons. The van der Waals surface area contributed by atoms with E-state index in [0.717, 1.165) is 17.9 Å². The predicted molar refractivity (Wildman–Crippen MR) is 82.6 cm³/mol. The molecule has 0 amide bonds. The third kappa shape index (κ3) is 3.55. The number of thiophene rings is 1. The molecule has 0 aromatic carbocycles. The summed E-state index contributed by atoms with van der Waals surface area (Å²) in [5.41, 5.74) is 0.887. The van der Waals surface area contributed by atoms with Gasteiger partial charge in [0.05, 0.1) is 12.7 Å². The van der Waals surface area contributed by atoms with E-state index in [1.807, 2.05) is 13.1 Å². The van der Waals surface area contributed by atoms with Crippen LogP contribution in [0.5, 0.6) is 0 Å². The number of hydrogen-bond donors (Lipinski definition) is 1. The third-order valence-corrected chi connectivity index (χ3v) is 3.94. The summed E-state index contributed by atoms with van der Waals surface area (Å²) >= 11 is 1.73. The van der Waals surface area contributed by atoms with Crippen LogP contribution >= 0.6 is 11.3 Å². The van der Waals surface area contributed by atoms with Gasteiger partial charge >= 0.3 is 0 Å². The maximum atomic E-state index is 13.4. The lowest BCUT2D eigenvalue weighted by molar-refractivity contribution is 0.609. The van der Waals surface area contributed by atoms with Crippen molar-refractivity contribution in [2.24, 2.45) is 0 Å². The number of halogens is 1. The number of nitrogens with zero attached hydrogens (tertiary/aromatic N) is 2. The Labute approximate surface area is 123 Å². The maximum absolute atomic E-state index is 13.4. The van der Waals surface area contributed by atoms with Crippen molar-refractivity contribution in [2.75, 3.05) is 11.9 Å². The molecule has 108 valence electrons. The second-order valence-corrected chi connectivity index (χ2v) is 6.00. The van der Waals surface area contributed by atoms with Gasteiger partial charge in [0.15, 0.2) is 0 Å². The fraction of sp³-hybridized carbons (Fsp3) is 0.400. The van der Waals surface area contributed by atoms with E-state index < -0.39 is 0 Å². The first kappa shape index (κ1) is 14.9. The Morgan fingerprint density at radius 3 is 2.85 bits per heavy atom. The normalized spacial score (nSPS) is 11.1. The SMILES string of the molecule is CNCc1cc(F)cnc1N(Cc1cccs1)C(C)C. The minimum atomic E-state index is -0.293. The van der Waals surface area contributed by atoms with E-state index in [2.05, 4.69) is 40.5 Å². The summed E-state index contributed by atoms with van der Waals surface area (Å²) < 4.78 is 13.4. The molecule has 2 aromatic heterocycles. The molecule has 2 rings (SSSR count). The van der Waals surface area contributed by atoms with Crippen LogP contribution in [0.1, 0.15) is 24.3 Å². The van der Waals surface area contributed by atoms with Crippen molar-refractivity contribution in [1.29, 1.82) is 0 Å². The zero-order valence-electron chi connectivity index (χ0n) is 12.1. The molecule has 2 heterocycles. The van der Waals surface area contributed by atoms with Crippen LogP contribution in [-0.2, 0) is 13.1 Å². The number of pyridine rings is 1. The van der Waals surface area contributed by atoms with Crippen LogP contribution in [-0.4, -0.2) is 18.1 Å². The average Bonchev–Trinajstić information content (AvgIpc) is 2.90. The molecule has 0 spiro atoms. The number of nitrogens with one attached hydrogen (secondary N) is 1. The van der Waals surface area contributed by atoms with Crippen molar-refractivity contribution in [3.63, 3.8) is 0 Å². The summed E-state index contributed by atoms with van der Waals surface area (Å²) in [6.07, 6.45) is 1.29. The molecule has 3 nitrogen and oxygen atoms in total. The van der Waals surface area contributed by atoms with Gasteiger partial charge in [-0.1, -0.05) is 6.07 Å². The summed E-state index contributed by atoms with van der Waals surface area (Å²) in [6, 6.07) is 6.01. The molecule has 20 heavy (non-hydrogen) atoms. The smallest absolute Gasteiger partial charge is 0.141 e. The van der Waals surface area contributed by atoms with Gasteiger partial charge in [-0.2, -0.15) is 0 Å². The molecular formula is C15H20FN3S. The number of aromatic nitrogens is 1. The Balaban J connectivity index is 2.33. The van der Waals surface area contributed by atoms with Gasteiger partial charge in [0, 0.05) is 23.0 Å². The lowest BCUT2D eigenvalue weighted by Crippen LogP contribution is -2.32. The molecule has 5 heteroatoms. The highest BCUT2D eigenvalue weighted by Crippen LogP contribution is 2.24. The maximum Gasteiger partial charge on any atom is 0.141 e. The van der Waals surface area contributed by atoms with Gasteiger partial charge in [0.25, 0.3) is 0 Å². The van der Waals surface area contributed by atoms with Crippen molar-refractivity contribution in [3.8, 4) is 0 Å². The molecule has 1 N–H and O–H groups in total. The van der Waals surface area contributed by atoms with Crippen molar-refractivity contribution < 1.29 is 4.39 Å². The van der Waals surface area contributed by atoms with E-state index in [0.29, 0.717) is 12.6 Å². The topological polar surface area (TPSA) is 28.2 Å². The van der Waals surface area contributed by atoms with Crippen molar-refractivity contribution in [1.82, 2.24) is 10.3 Å². The highest BCUT2D eigenvalue weighted by molar-refractivity contribution is 7.09. The van der Waals surface area contributed by atoms with E-state index in [-0.39, 0.29) is 5.82 Å².